The average molecular weight is 382 g/mol. The lowest BCUT2D eigenvalue weighted by molar-refractivity contribution is -0.121. The fourth-order valence-electron chi connectivity index (χ4n) is 2.03. The molecular formula is C16H13Cl2N3O2S. The molecule has 0 aliphatic heterocycles. The highest BCUT2D eigenvalue weighted by Gasteiger charge is 2.11. The Kier molecular flexibility index (Phi) is 5.50. The van der Waals surface area contributed by atoms with Crippen LogP contribution in [-0.4, -0.2) is 16.0 Å². The number of halogens is 2. The van der Waals surface area contributed by atoms with Gasteiger partial charge in [-0.1, -0.05) is 40.5 Å². The Morgan fingerprint density at radius 1 is 1.29 bits per heavy atom. The first-order chi connectivity index (χ1) is 11.6. The normalized spacial score (nSPS) is 10.8. The molecule has 1 amide bonds. The maximum absolute atomic E-state index is 11.9. The number of rotatable bonds is 6. The number of amides is 1. The number of hydrogen-bond donors (Lipinski definition) is 1. The Hall–Kier alpha value is -1.89. The Balaban J connectivity index is 1.49. The topological polar surface area (TPSA) is 68.0 Å². The molecule has 0 radical (unpaired) electrons. The molecule has 0 saturated heterocycles. The number of nitrogens with zero attached hydrogens (tertiary/aromatic N) is 2. The van der Waals surface area contributed by atoms with Crippen LogP contribution in [0.4, 0.5) is 0 Å². The van der Waals surface area contributed by atoms with Crippen molar-refractivity contribution in [2.24, 2.45) is 0 Å². The molecule has 0 atom stereocenters. The van der Waals surface area contributed by atoms with Gasteiger partial charge in [-0.15, -0.1) is 11.3 Å². The van der Waals surface area contributed by atoms with Crippen LogP contribution >= 0.6 is 34.5 Å². The van der Waals surface area contributed by atoms with Gasteiger partial charge >= 0.3 is 0 Å². The molecule has 0 saturated carbocycles. The third-order valence-corrected chi connectivity index (χ3v) is 4.72. The zero-order valence-electron chi connectivity index (χ0n) is 12.5. The number of nitrogens with one attached hydrogen (secondary N) is 1. The van der Waals surface area contributed by atoms with Crippen LogP contribution in [0.3, 0.4) is 0 Å². The molecule has 2 heterocycles. The minimum absolute atomic E-state index is 0.114. The molecule has 3 rings (SSSR count). The molecule has 0 fully saturated rings. The number of aromatic nitrogens is 2. The van der Waals surface area contributed by atoms with Gasteiger partial charge in [0.25, 0.3) is 0 Å². The standard InChI is InChI=1S/C16H13Cl2N3O2S/c17-11-4-3-10(12(18)8-11)9-19-14(22)5-6-15-20-16(21-23-15)13-2-1-7-24-13/h1-4,7-8H,5-6,9H2,(H,19,22). The molecular weight excluding hydrogens is 369 g/mol. The van der Waals surface area contributed by atoms with Crippen LogP contribution in [0.5, 0.6) is 0 Å². The molecule has 2 aromatic heterocycles. The summed E-state index contributed by atoms with van der Waals surface area (Å²) in [5, 5.41) is 9.76. The van der Waals surface area contributed by atoms with E-state index in [1.165, 1.54) is 11.3 Å². The zero-order chi connectivity index (χ0) is 16.9. The van der Waals surface area contributed by atoms with E-state index in [1.807, 2.05) is 17.5 Å². The van der Waals surface area contributed by atoms with Crippen molar-refractivity contribution in [3.63, 3.8) is 0 Å². The smallest absolute Gasteiger partial charge is 0.227 e. The van der Waals surface area contributed by atoms with Gasteiger partial charge < -0.3 is 9.84 Å². The fourth-order valence-corrected chi connectivity index (χ4v) is 3.15. The highest BCUT2D eigenvalue weighted by atomic mass is 35.5. The van der Waals surface area contributed by atoms with E-state index in [-0.39, 0.29) is 12.3 Å². The summed E-state index contributed by atoms with van der Waals surface area (Å²) < 4.78 is 5.16. The zero-order valence-corrected chi connectivity index (χ0v) is 14.8. The number of thiophene rings is 1. The average Bonchev–Trinajstić information content (AvgIpc) is 3.23. The predicted octanol–water partition coefficient (Wildman–Crippen LogP) is 4.35. The van der Waals surface area contributed by atoms with Gasteiger partial charge in [-0.2, -0.15) is 4.98 Å². The molecule has 3 aromatic rings. The van der Waals surface area contributed by atoms with Crippen LogP contribution in [0.1, 0.15) is 17.9 Å². The third kappa shape index (κ3) is 4.35. The molecule has 0 unspecified atom stereocenters. The van der Waals surface area contributed by atoms with Crippen LogP contribution in [0, 0.1) is 0 Å². The van der Waals surface area contributed by atoms with Crippen molar-refractivity contribution in [2.45, 2.75) is 19.4 Å². The first kappa shape index (κ1) is 17.0. The van der Waals surface area contributed by atoms with Gasteiger partial charge in [-0.05, 0) is 29.1 Å². The molecule has 0 bridgehead atoms. The largest absolute Gasteiger partial charge is 0.352 e. The van der Waals surface area contributed by atoms with Crippen molar-refractivity contribution in [3.05, 3.63) is 57.2 Å². The second-order valence-corrected chi connectivity index (χ2v) is 6.79. The van der Waals surface area contributed by atoms with E-state index in [0.29, 0.717) is 34.7 Å². The van der Waals surface area contributed by atoms with Gasteiger partial charge in [0.05, 0.1) is 4.88 Å². The summed E-state index contributed by atoms with van der Waals surface area (Å²) in [6, 6.07) is 9.01. The van der Waals surface area contributed by atoms with Gasteiger partial charge in [0.15, 0.2) is 0 Å². The van der Waals surface area contributed by atoms with Gasteiger partial charge in [0, 0.05) is 29.4 Å². The van der Waals surface area contributed by atoms with Crippen LogP contribution < -0.4 is 5.32 Å². The molecule has 0 aliphatic rings. The van der Waals surface area contributed by atoms with Crippen molar-refractivity contribution in [1.82, 2.24) is 15.5 Å². The summed E-state index contributed by atoms with van der Waals surface area (Å²) in [6.07, 6.45) is 0.649. The quantitative estimate of drug-likeness (QED) is 0.688. The van der Waals surface area contributed by atoms with E-state index in [0.717, 1.165) is 10.4 Å². The van der Waals surface area contributed by atoms with Crippen molar-refractivity contribution in [1.29, 1.82) is 0 Å². The van der Waals surface area contributed by atoms with Gasteiger partial charge in [0.2, 0.25) is 17.6 Å². The van der Waals surface area contributed by atoms with Crippen LogP contribution in [0.2, 0.25) is 10.0 Å². The summed E-state index contributed by atoms with van der Waals surface area (Å²) >= 11 is 13.4. The maximum Gasteiger partial charge on any atom is 0.227 e. The summed E-state index contributed by atoms with van der Waals surface area (Å²) in [6.45, 7) is 0.346. The van der Waals surface area contributed by atoms with Crippen LogP contribution in [-0.2, 0) is 17.8 Å². The second-order valence-electron chi connectivity index (χ2n) is 5.00. The summed E-state index contributed by atoms with van der Waals surface area (Å²) in [7, 11) is 0. The molecule has 1 N–H and O–H groups in total. The number of carbonyl (C=O) groups excluding carboxylic acids is 1. The molecule has 0 spiro atoms. The highest BCUT2D eigenvalue weighted by Crippen LogP contribution is 2.22. The minimum Gasteiger partial charge on any atom is -0.352 e. The maximum atomic E-state index is 11.9. The van der Waals surface area contributed by atoms with E-state index in [2.05, 4.69) is 15.5 Å². The van der Waals surface area contributed by atoms with Gasteiger partial charge in [-0.25, -0.2) is 0 Å². The Labute approximate surface area is 152 Å². The van der Waals surface area contributed by atoms with E-state index in [4.69, 9.17) is 27.7 Å². The number of carbonyl (C=O) groups is 1. The first-order valence-electron chi connectivity index (χ1n) is 7.19. The SMILES string of the molecule is O=C(CCc1nc(-c2cccs2)no1)NCc1ccc(Cl)cc1Cl. The lowest BCUT2D eigenvalue weighted by Crippen LogP contribution is -2.23. The Morgan fingerprint density at radius 3 is 2.92 bits per heavy atom. The summed E-state index contributed by atoms with van der Waals surface area (Å²) in [4.78, 5) is 17.2. The first-order valence-corrected chi connectivity index (χ1v) is 8.82. The van der Waals surface area contributed by atoms with E-state index in [1.54, 1.807) is 18.2 Å². The predicted molar refractivity (Wildman–Crippen MR) is 94.2 cm³/mol. The molecule has 124 valence electrons. The monoisotopic (exact) mass is 381 g/mol. The number of hydrogen-bond acceptors (Lipinski definition) is 5. The lowest BCUT2D eigenvalue weighted by Gasteiger charge is -2.06. The van der Waals surface area contributed by atoms with Crippen molar-refractivity contribution >= 4 is 40.4 Å². The molecule has 8 heteroatoms. The van der Waals surface area contributed by atoms with Crippen molar-refractivity contribution in [2.75, 3.05) is 0 Å². The fraction of sp³-hybridized carbons (Fsp3) is 0.188. The van der Waals surface area contributed by atoms with E-state index >= 15 is 0 Å². The third-order valence-electron chi connectivity index (χ3n) is 3.27. The molecule has 24 heavy (non-hydrogen) atoms. The highest BCUT2D eigenvalue weighted by molar-refractivity contribution is 7.13. The Bertz CT molecular complexity index is 834. The van der Waals surface area contributed by atoms with Crippen molar-refractivity contribution < 1.29 is 9.32 Å². The Morgan fingerprint density at radius 2 is 2.17 bits per heavy atom. The molecule has 1 aromatic carbocycles. The van der Waals surface area contributed by atoms with E-state index < -0.39 is 0 Å². The van der Waals surface area contributed by atoms with Crippen molar-refractivity contribution in [3.8, 4) is 10.7 Å². The summed E-state index contributed by atoms with van der Waals surface area (Å²) in [5.74, 6) is 0.878. The summed E-state index contributed by atoms with van der Waals surface area (Å²) in [5.41, 5.74) is 0.812. The van der Waals surface area contributed by atoms with Crippen LogP contribution in [0.25, 0.3) is 10.7 Å². The van der Waals surface area contributed by atoms with E-state index in [9.17, 15) is 4.79 Å². The van der Waals surface area contributed by atoms with Crippen LogP contribution in [0.15, 0.2) is 40.2 Å². The number of benzene rings is 1. The minimum atomic E-state index is -0.114. The molecule has 0 aliphatic carbocycles. The number of aryl methyl sites for hydroxylation is 1. The lowest BCUT2D eigenvalue weighted by atomic mass is 10.2. The second kappa shape index (κ2) is 7.79. The van der Waals surface area contributed by atoms with Gasteiger partial charge in [-0.3, -0.25) is 4.79 Å². The van der Waals surface area contributed by atoms with Gasteiger partial charge in [0.1, 0.15) is 0 Å². The molecule has 5 nitrogen and oxygen atoms in total.